The largest absolute Gasteiger partial charge is 0.420 e. The van der Waals surface area contributed by atoms with Crippen LogP contribution in [0.4, 0.5) is 0 Å². The van der Waals surface area contributed by atoms with Gasteiger partial charge < -0.3 is 14.1 Å². The summed E-state index contributed by atoms with van der Waals surface area (Å²) in [5.41, 5.74) is 3.08. The Morgan fingerprint density at radius 3 is 2.72 bits per heavy atom. The summed E-state index contributed by atoms with van der Waals surface area (Å²) in [6.45, 7) is 3.78. The standard InChI is InChI=1S/C23H25N3O3/c1-16-7-6-8-17(11-16)12-21(27)26-13-19(15-28-2)20(14-26)23-25-24-22(29-23)18-9-4-3-5-10-18/h3-11,19-20H,12-15H2,1-2H3/t19-,20+/m0/s1. The summed E-state index contributed by atoms with van der Waals surface area (Å²) < 4.78 is 11.4. The van der Waals surface area contributed by atoms with E-state index in [2.05, 4.69) is 16.3 Å². The van der Waals surface area contributed by atoms with Gasteiger partial charge in [-0.15, -0.1) is 10.2 Å². The first-order valence-corrected chi connectivity index (χ1v) is 9.85. The van der Waals surface area contributed by atoms with Crippen LogP contribution in [0.15, 0.2) is 59.0 Å². The molecule has 2 heterocycles. The van der Waals surface area contributed by atoms with Crippen molar-refractivity contribution in [2.45, 2.75) is 19.3 Å². The van der Waals surface area contributed by atoms with E-state index < -0.39 is 0 Å². The third-order valence-corrected chi connectivity index (χ3v) is 5.39. The van der Waals surface area contributed by atoms with Crippen molar-refractivity contribution in [1.82, 2.24) is 15.1 Å². The number of methoxy groups -OCH3 is 1. The van der Waals surface area contributed by atoms with Gasteiger partial charge in [-0.25, -0.2) is 0 Å². The third-order valence-electron chi connectivity index (χ3n) is 5.39. The lowest BCUT2D eigenvalue weighted by molar-refractivity contribution is -0.129. The van der Waals surface area contributed by atoms with E-state index in [-0.39, 0.29) is 17.7 Å². The highest BCUT2D eigenvalue weighted by Gasteiger charge is 2.39. The van der Waals surface area contributed by atoms with E-state index in [9.17, 15) is 4.79 Å². The molecule has 6 heteroatoms. The summed E-state index contributed by atoms with van der Waals surface area (Å²) in [7, 11) is 1.68. The highest BCUT2D eigenvalue weighted by Crippen LogP contribution is 2.34. The number of rotatable bonds is 6. The molecule has 0 radical (unpaired) electrons. The van der Waals surface area contributed by atoms with E-state index >= 15 is 0 Å². The minimum absolute atomic E-state index is 0.0265. The Morgan fingerprint density at radius 2 is 1.97 bits per heavy atom. The number of carbonyl (C=O) groups is 1. The van der Waals surface area contributed by atoms with E-state index in [0.29, 0.717) is 37.9 Å². The summed E-state index contributed by atoms with van der Waals surface area (Å²) in [5, 5.41) is 8.50. The third kappa shape index (κ3) is 4.38. The Morgan fingerprint density at radius 1 is 1.14 bits per heavy atom. The molecule has 150 valence electrons. The Bertz CT molecular complexity index is 970. The van der Waals surface area contributed by atoms with Crippen molar-refractivity contribution >= 4 is 5.91 Å². The molecule has 4 rings (SSSR count). The van der Waals surface area contributed by atoms with Crippen LogP contribution in [0.2, 0.25) is 0 Å². The number of likely N-dealkylation sites (tertiary alicyclic amines) is 1. The fourth-order valence-corrected chi connectivity index (χ4v) is 3.93. The van der Waals surface area contributed by atoms with E-state index in [1.54, 1.807) is 7.11 Å². The fourth-order valence-electron chi connectivity index (χ4n) is 3.93. The number of aryl methyl sites for hydroxylation is 1. The van der Waals surface area contributed by atoms with Gasteiger partial charge in [-0.05, 0) is 24.6 Å². The average Bonchev–Trinajstić information content (AvgIpc) is 3.36. The number of ether oxygens (including phenoxy) is 1. The van der Waals surface area contributed by atoms with Crippen molar-refractivity contribution in [2.75, 3.05) is 26.8 Å². The molecule has 1 aliphatic heterocycles. The summed E-state index contributed by atoms with van der Waals surface area (Å²) in [6, 6.07) is 17.8. The van der Waals surface area contributed by atoms with Crippen molar-refractivity contribution in [3.05, 3.63) is 71.6 Å². The number of benzene rings is 2. The van der Waals surface area contributed by atoms with Crippen LogP contribution in [0.3, 0.4) is 0 Å². The smallest absolute Gasteiger partial charge is 0.247 e. The second kappa shape index (κ2) is 8.57. The van der Waals surface area contributed by atoms with Crippen LogP contribution < -0.4 is 0 Å². The number of amides is 1. The molecule has 0 aliphatic carbocycles. The lowest BCUT2D eigenvalue weighted by Crippen LogP contribution is -2.30. The molecule has 0 saturated carbocycles. The van der Waals surface area contributed by atoms with E-state index in [1.165, 1.54) is 0 Å². The lowest BCUT2D eigenvalue weighted by atomic mass is 9.97. The maximum absolute atomic E-state index is 12.9. The number of hydrogen-bond acceptors (Lipinski definition) is 5. The van der Waals surface area contributed by atoms with Crippen LogP contribution in [0.5, 0.6) is 0 Å². The van der Waals surface area contributed by atoms with Crippen LogP contribution in [0.1, 0.15) is 22.9 Å². The Balaban J connectivity index is 1.50. The number of carbonyl (C=O) groups excluding carboxylic acids is 1. The summed E-state index contributed by atoms with van der Waals surface area (Å²) >= 11 is 0. The maximum Gasteiger partial charge on any atom is 0.247 e. The summed E-state index contributed by atoms with van der Waals surface area (Å²) in [5.74, 6) is 1.28. The van der Waals surface area contributed by atoms with Gasteiger partial charge in [-0.2, -0.15) is 0 Å². The van der Waals surface area contributed by atoms with Crippen LogP contribution in [-0.4, -0.2) is 47.8 Å². The van der Waals surface area contributed by atoms with Gasteiger partial charge >= 0.3 is 0 Å². The Kier molecular flexibility index (Phi) is 5.71. The number of aromatic nitrogens is 2. The van der Waals surface area contributed by atoms with Crippen molar-refractivity contribution in [1.29, 1.82) is 0 Å². The number of hydrogen-bond donors (Lipinski definition) is 0. The van der Waals surface area contributed by atoms with Gasteiger partial charge in [0.2, 0.25) is 17.7 Å². The maximum atomic E-state index is 12.9. The molecule has 2 aromatic carbocycles. The predicted octanol–water partition coefficient (Wildman–Crippen LogP) is 3.48. The van der Waals surface area contributed by atoms with Gasteiger partial charge in [0.25, 0.3) is 0 Å². The molecule has 1 saturated heterocycles. The monoisotopic (exact) mass is 391 g/mol. The highest BCUT2D eigenvalue weighted by molar-refractivity contribution is 5.79. The topological polar surface area (TPSA) is 68.5 Å². The van der Waals surface area contributed by atoms with Gasteiger partial charge in [-0.3, -0.25) is 4.79 Å². The molecule has 0 N–H and O–H groups in total. The first-order chi connectivity index (χ1) is 14.1. The second-order valence-electron chi connectivity index (χ2n) is 7.60. The van der Waals surface area contributed by atoms with Crippen LogP contribution in [0, 0.1) is 12.8 Å². The van der Waals surface area contributed by atoms with E-state index in [4.69, 9.17) is 9.15 Å². The minimum atomic E-state index is -0.0265. The summed E-state index contributed by atoms with van der Waals surface area (Å²) in [4.78, 5) is 14.8. The Hall–Kier alpha value is -2.99. The normalized spacial score (nSPS) is 18.9. The van der Waals surface area contributed by atoms with Crippen LogP contribution in [-0.2, 0) is 16.0 Å². The van der Waals surface area contributed by atoms with E-state index in [1.807, 2.05) is 60.4 Å². The highest BCUT2D eigenvalue weighted by atomic mass is 16.5. The van der Waals surface area contributed by atoms with Crippen molar-refractivity contribution in [3.63, 3.8) is 0 Å². The van der Waals surface area contributed by atoms with Gasteiger partial charge in [0, 0.05) is 31.7 Å². The molecular weight excluding hydrogens is 366 g/mol. The zero-order valence-corrected chi connectivity index (χ0v) is 16.7. The molecule has 0 unspecified atom stereocenters. The molecule has 1 aliphatic rings. The minimum Gasteiger partial charge on any atom is -0.420 e. The molecule has 0 spiro atoms. The average molecular weight is 391 g/mol. The fraction of sp³-hybridized carbons (Fsp3) is 0.348. The zero-order chi connectivity index (χ0) is 20.2. The van der Waals surface area contributed by atoms with Gasteiger partial charge in [0.05, 0.1) is 18.9 Å². The quantitative estimate of drug-likeness (QED) is 0.644. The first kappa shape index (κ1) is 19.3. The van der Waals surface area contributed by atoms with Crippen molar-refractivity contribution in [3.8, 4) is 11.5 Å². The van der Waals surface area contributed by atoms with Crippen molar-refractivity contribution in [2.24, 2.45) is 5.92 Å². The molecule has 1 fully saturated rings. The molecule has 1 aromatic heterocycles. The molecule has 29 heavy (non-hydrogen) atoms. The molecule has 2 atom stereocenters. The number of nitrogens with zero attached hydrogens (tertiary/aromatic N) is 3. The van der Waals surface area contributed by atoms with E-state index in [0.717, 1.165) is 16.7 Å². The molecule has 1 amide bonds. The van der Waals surface area contributed by atoms with Gasteiger partial charge in [0.1, 0.15) is 0 Å². The molecule has 0 bridgehead atoms. The van der Waals surface area contributed by atoms with Gasteiger partial charge in [-0.1, -0.05) is 48.0 Å². The SMILES string of the molecule is COC[C@@H]1CN(C(=O)Cc2cccc(C)c2)C[C@H]1c1nnc(-c2ccccc2)o1. The lowest BCUT2D eigenvalue weighted by Gasteiger charge is -2.16. The van der Waals surface area contributed by atoms with Crippen molar-refractivity contribution < 1.29 is 13.9 Å². The van der Waals surface area contributed by atoms with Crippen LogP contribution >= 0.6 is 0 Å². The van der Waals surface area contributed by atoms with Gasteiger partial charge in [0.15, 0.2) is 0 Å². The van der Waals surface area contributed by atoms with Crippen LogP contribution in [0.25, 0.3) is 11.5 Å². The predicted molar refractivity (Wildman–Crippen MR) is 109 cm³/mol. The first-order valence-electron chi connectivity index (χ1n) is 9.85. The molecule has 6 nitrogen and oxygen atoms in total. The molecular formula is C23H25N3O3. The zero-order valence-electron chi connectivity index (χ0n) is 16.7. The Labute approximate surface area is 170 Å². The second-order valence-corrected chi connectivity index (χ2v) is 7.60. The molecule has 3 aromatic rings. The summed E-state index contributed by atoms with van der Waals surface area (Å²) in [6.07, 6.45) is 0.396.